The van der Waals surface area contributed by atoms with Crippen molar-refractivity contribution in [2.75, 3.05) is 0 Å². The Morgan fingerprint density at radius 3 is 2.21 bits per heavy atom. The fourth-order valence-electron chi connectivity index (χ4n) is 3.24. The van der Waals surface area contributed by atoms with Crippen LogP contribution in [0.3, 0.4) is 0 Å². The van der Waals surface area contributed by atoms with E-state index >= 15 is 0 Å². The van der Waals surface area contributed by atoms with Gasteiger partial charge in [0, 0.05) is 24.5 Å². The van der Waals surface area contributed by atoms with E-state index in [2.05, 4.69) is 0 Å². The van der Waals surface area contributed by atoms with E-state index in [1.165, 1.54) is 12.1 Å². The van der Waals surface area contributed by atoms with Crippen molar-refractivity contribution in [2.24, 2.45) is 11.7 Å². The van der Waals surface area contributed by atoms with Gasteiger partial charge in [-0.25, -0.2) is 0 Å². The number of alkyl halides is 3. The van der Waals surface area contributed by atoms with Gasteiger partial charge in [-0.2, -0.15) is 13.2 Å². The van der Waals surface area contributed by atoms with Gasteiger partial charge >= 0.3 is 6.18 Å². The lowest BCUT2D eigenvalue weighted by atomic mass is 10.0. The van der Waals surface area contributed by atoms with Crippen molar-refractivity contribution in [1.29, 1.82) is 0 Å². The van der Waals surface area contributed by atoms with E-state index < -0.39 is 11.7 Å². The third-order valence-electron chi connectivity index (χ3n) is 4.73. The SMILES string of the molecule is Cl.NC1CCC(C(=O)N(Cc2ccc(C(F)(F)F)cc2)C2CC2)C1. The van der Waals surface area contributed by atoms with Crippen LogP contribution in [0.1, 0.15) is 43.2 Å². The number of benzene rings is 1. The molecule has 7 heteroatoms. The van der Waals surface area contributed by atoms with Gasteiger partial charge in [-0.3, -0.25) is 4.79 Å². The molecule has 2 aliphatic carbocycles. The van der Waals surface area contributed by atoms with Crippen molar-refractivity contribution in [1.82, 2.24) is 4.90 Å². The molecule has 0 saturated heterocycles. The molecule has 2 aliphatic rings. The highest BCUT2D eigenvalue weighted by Crippen LogP contribution is 2.34. The average molecular weight is 363 g/mol. The van der Waals surface area contributed by atoms with E-state index in [4.69, 9.17) is 5.73 Å². The maximum absolute atomic E-state index is 12.7. The average Bonchev–Trinajstić information content (AvgIpc) is 3.25. The van der Waals surface area contributed by atoms with Crippen LogP contribution in [0.25, 0.3) is 0 Å². The largest absolute Gasteiger partial charge is 0.416 e. The lowest BCUT2D eigenvalue weighted by Crippen LogP contribution is -2.37. The molecule has 3 nitrogen and oxygen atoms in total. The molecule has 2 fully saturated rings. The molecule has 24 heavy (non-hydrogen) atoms. The first kappa shape index (κ1) is 19.1. The Bertz CT molecular complexity index is 572. The van der Waals surface area contributed by atoms with Crippen molar-refractivity contribution < 1.29 is 18.0 Å². The van der Waals surface area contributed by atoms with Crippen molar-refractivity contribution in [2.45, 2.75) is 56.9 Å². The van der Waals surface area contributed by atoms with Crippen LogP contribution in [0.4, 0.5) is 13.2 Å². The molecule has 1 aromatic rings. The summed E-state index contributed by atoms with van der Waals surface area (Å²) < 4.78 is 37.8. The van der Waals surface area contributed by atoms with Crippen LogP contribution in [0.5, 0.6) is 0 Å². The van der Waals surface area contributed by atoms with Crippen LogP contribution in [0.15, 0.2) is 24.3 Å². The van der Waals surface area contributed by atoms with Crippen molar-refractivity contribution in [3.63, 3.8) is 0 Å². The summed E-state index contributed by atoms with van der Waals surface area (Å²) in [6.07, 6.45) is 0.0291. The zero-order valence-corrected chi connectivity index (χ0v) is 14.1. The number of carbonyl (C=O) groups excluding carboxylic acids is 1. The van der Waals surface area contributed by atoms with Gasteiger partial charge in [0.2, 0.25) is 5.91 Å². The molecule has 0 spiro atoms. The summed E-state index contributed by atoms with van der Waals surface area (Å²) in [6, 6.07) is 5.42. The van der Waals surface area contributed by atoms with Gasteiger partial charge < -0.3 is 10.6 Å². The van der Waals surface area contributed by atoms with E-state index in [-0.39, 0.29) is 36.3 Å². The highest BCUT2D eigenvalue weighted by Gasteiger charge is 2.38. The van der Waals surface area contributed by atoms with Gasteiger partial charge in [-0.15, -0.1) is 12.4 Å². The highest BCUT2D eigenvalue weighted by molar-refractivity contribution is 5.85. The lowest BCUT2D eigenvalue weighted by Gasteiger charge is -2.26. The molecule has 1 aromatic carbocycles. The monoisotopic (exact) mass is 362 g/mol. The lowest BCUT2D eigenvalue weighted by molar-refractivity contribution is -0.138. The van der Waals surface area contributed by atoms with E-state index in [1.807, 2.05) is 4.90 Å². The second-order valence-corrected chi connectivity index (χ2v) is 6.66. The van der Waals surface area contributed by atoms with E-state index in [1.54, 1.807) is 0 Å². The van der Waals surface area contributed by atoms with Gasteiger partial charge in [0.1, 0.15) is 0 Å². The van der Waals surface area contributed by atoms with Crippen LogP contribution in [-0.4, -0.2) is 22.9 Å². The van der Waals surface area contributed by atoms with Crippen molar-refractivity contribution in [3.8, 4) is 0 Å². The molecule has 134 valence electrons. The molecule has 3 rings (SSSR count). The van der Waals surface area contributed by atoms with E-state index in [9.17, 15) is 18.0 Å². The minimum atomic E-state index is -4.33. The molecule has 1 amide bonds. The van der Waals surface area contributed by atoms with Gasteiger partial charge in [-0.05, 0) is 49.8 Å². The maximum Gasteiger partial charge on any atom is 0.416 e. The fourth-order valence-corrected chi connectivity index (χ4v) is 3.24. The summed E-state index contributed by atoms with van der Waals surface area (Å²) in [6.45, 7) is 0.382. The summed E-state index contributed by atoms with van der Waals surface area (Å²) in [5.74, 6) is 0.0837. The fraction of sp³-hybridized carbons (Fsp3) is 0.588. The van der Waals surface area contributed by atoms with Crippen LogP contribution < -0.4 is 5.73 Å². The van der Waals surface area contributed by atoms with Crippen LogP contribution >= 0.6 is 12.4 Å². The number of rotatable bonds is 4. The summed E-state index contributed by atoms with van der Waals surface area (Å²) in [5.41, 5.74) is 5.96. The predicted molar refractivity (Wildman–Crippen MR) is 87.6 cm³/mol. The maximum atomic E-state index is 12.7. The Morgan fingerprint density at radius 1 is 1.12 bits per heavy atom. The first-order valence-electron chi connectivity index (χ1n) is 8.07. The van der Waals surface area contributed by atoms with Gasteiger partial charge in [-0.1, -0.05) is 12.1 Å². The number of nitrogens with zero attached hydrogens (tertiary/aromatic N) is 1. The molecule has 0 aliphatic heterocycles. The number of halogens is 4. The quantitative estimate of drug-likeness (QED) is 0.886. The van der Waals surface area contributed by atoms with Crippen molar-refractivity contribution >= 4 is 18.3 Å². The van der Waals surface area contributed by atoms with Crippen LogP contribution in [-0.2, 0) is 17.5 Å². The Balaban J connectivity index is 0.00000208. The minimum Gasteiger partial charge on any atom is -0.335 e. The first-order chi connectivity index (χ1) is 10.8. The van der Waals surface area contributed by atoms with Crippen LogP contribution in [0, 0.1) is 5.92 Å². The van der Waals surface area contributed by atoms with Gasteiger partial charge in [0.15, 0.2) is 0 Å². The standard InChI is InChI=1S/C17H21F3N2O.ClH/c18-17(19,20)13-4-1-11(2-5-13)10-22(15-7-8-15)16(23)12-3-6-14(21)9-12;/h1-2,4-5,12,14-15H,3,6-10,21H2;1H. The molecule has 0 heterocycles. The normalized spacial score (nSPS) is 23.7. The van der Waals surface area contributed by atoms with E-state index in [0.29, 0.717) is 6.54 Å². The van der Waals surface area contributed by atoms with Crippen LogP contribution in [0.2, 0.25) is 0 Å². The molecule has 0 aromatic heterocycles. The smallest absolute Gasteiger partial charge is 0.335 e. The summed E-state index contributed by atoms with van der Waals surface area (Å²) in [4.78, 5) is 14.5. The molecular formula is C17H22ClF3N2O. The second-order valence-electron chi connectivity index (χ2n) is 6.66. The Labute approximate surface area is 145 Å². The number of amides is 1. The number of hydrogen-bond acceptors (Lipinski definition) is 2. The third-order valence-corrected chi connectivity index (χ3v) is 4.73. The Kier molecular flexibility index (Phi) is 5.81. The number of carbonyl (C=O) groups is 1. The van der Waals surface area contributed by atoms with Gasteiger partial charge in [0.25, 0.3) is 0 Å². The third kappa shape index (κ3) is 4.42. The molecular weight excluding hydrogens is 341 g/mol. The summed E-state index contributed by atoms with van der Waals surface area (Å²) in [5, 5.41) is 0. The summed E-state index contributed by atoms with van der Waals surface area (Å²) >= 11 is 0. The minimum absolute atomic E-state index is 0. The molecule has 0 radical (unpaired) electrons. The summed E-state index contributed by atoms with van der Waals surface area (Å²) in [7, 11) is 0. The number of nitrogens with two attached hydrogens (primary N) is 1. The second kappa shape index (κ2) is 7.31. The zero-order valence-electron chi connectivity index (χ0n) is 13.3. The zero-order chi connectivity index (χ0) is 16.6. The number of hydrogen-bond donors (Lipinski definition) is 1. The Hall–Kier alpha value is -1.27. The molecule has 2 atom stereocenters. The van der Waals surface area contributed by atoms with Crippen molar-refractivity contribution in [3.05, 3.63) is 35.4 Å². The predicted octanol–water partition coefficient (Wildman–Crippen LogP) is 3.75. The molecule has 0 bridgehead atoms. The molecule has 2 N–H and O–H groups in total. The highest BCUT2D eigenvalue weighted by atomic mass is 35.5. The first-order valence-corrected chi connectivity index (χ1v) is 8.07. The Morgan fingerprint density at radius 2 is 1.75 bits per heavy atom. The van der Waals surface area contributed by atoms with E-state index in [0.717, 1.165) is 49.8 Å². The topological polar surface area (TPSA) is 46.3 Å². The van der Waals surface area contributed by atoms with Gasteiger partial charge in [0.05, 0.1) is 5.56 Å². The molecule has 2 unspecified atom stereocenters. The molecule has 2 saturated carbocycles.